The van der Waals surface area contributed by atoms with Crippen LogP contribution in [0.25, 0.3) is 56.3 Å². The van der Waals surface area contributed by atoms with Crippen molar-refractivity contribution in [3.8, 4) is 22.3 Å². The topological polar surface area (TPSA) is 293 Å². The van der Waals surface area contributed by atoms with Crippen LogP contribution in [0.2, 0.25) is 10.0 Å². The van der Waals surface area contributed by atoms with Crippen LogP contribution in [0.4, 0.5) is 46.5 Å². The summed E-state index contributed by atoms with van der Waals surface area (Å²) < 4.78 is 118. The van der Waals surface area contributed by atoms with Crippen molar-refractivity contribution < 1.29 is 89.8 Å². The smallest absolute Gasteiger partial charge is 0.545 e. The Morgan fingerprint density at radius 3 is 1.23 bits per heavy atom. The Morgan fingerprint density at radius 2 is 0.902 bits per heavy atom. The third-order valence-electron chi connectivity index (χ3n) is 11.5. The zero-order chi connectivity index (χ0) is 57.0. The van der Waals surface area contributed by atoms with Crippen LogP contribution in [0.5, 0.6) is 0 Å². The van der Waals surface area contributed by atoms with E-state index in [9.17, 15) is 74.1 Å². The van der Waals surface area contributed by atoms with Gasteiger partial charge >= 0.3 is 61.3 Å². The minimum atomic E-state index is -4.95. The van der Waals surface area contributed by atoms with Crippen LogP contribution in [0.3, 0.4) is 0 Å². The summed E-state index contributed by atoms with van der Waals surface area (Å²) >= 11 is 12.4. The number of carboxylic acid groups (broad SMARTS) is 2. The molecule has 8 rings (SSSR count). The molecule has 8 N–H and O–H groups in total. The van der Waals surface area contributed by atoms with Crippen LogP contribution < -0.4 is 32.1 Å². The maximum absolute atomic E-state index is 13.5. The minimum absolute atomic E-state index is 0. The molecule has 2 heterocycles. The Bertz CT molecular complexity index is 3690. The molecule has 0 unspecified atom stereocenters. The molecule has 0 spiro atoms. The zero-order valence-corrected chi connectivity index (χ0v) is 45.9. The minimum Gasteiger partial charge on any atom is -0.545 e. The maximum Gasteiger partial charge on any atom is 2.00 e. The molecule has 0 atom stereocenters. The van der Waals surface area contributed by atoms with Gasteiger partial charge in [-0.1, -0.05) is 71.8 Å². The van der Waals surface area contributed by atoms with E-state index < -0.39 is 94.3 Å². The molecule has 6 aromatic carbocycles. The van der Waals surface area contributed by atoms with Gasteiger partial charge in [0.25, 0.3) is 0 Å². The second-order valence-electron chi connectivity index (χ2n) is 17.1. The molecule has 0 aliphatic rings. The second-order valence-corrected chi connectivity index (χ2v) is 17.9. The van der Waals surface area contributed by atoms with Gasteiger partial charge in [0.2, 0.25) is 11.8 Å². The first-order chi connectivity index (χ1) is 36.7. The van der Waals surface area contributed by atoms with Crippen molar-refractivity contribution in [1.29, 1.82) is 0 Å². The molecule has 424 valence electrons. The molecule has 15 nitrogen and oxygen atoms in total. The summed E-state index contributed by atoms with van der Waals surface area (Å²) in [7, 11) is 0. The number of alkyl halides is 6. The molecular weight excluding hydrogens is 1170 g/mol. The number of aliphatic carboxylic acids is 2. The first-order valence-corrected chi connectivity index (χ1v) is 23.3. The van der Waals surface area contributed by atoms with E-state index in [-0.39, 0.29) is 99.7 Å². The zero-order valence-electron chi connectivity index (χ0n) is 42.2. The number of rotatable bonds is 12. The number of carbonyl (C=O) groups is 4. The molecule has 2 amide bonds. The van der Waals surface area contributed by atoms with E-state index in [1.807, 2.05) is 0 Å². The normalized spacial score (nSPS) is 11.2. The number of carboxylic acids is 2. The number of halogens is 10. The van der Waals surface area contributed by atoms with Gasteiger partial charge < -0.3 is 55.7 Å². The third-order valence-corrected chi connectivity index (χ3v) is 12.3. The van der Waals surface area contributed by atoms with E-state index in [0.717, 1.165) is 36.4 Å². The summed E-state index contributed by atoms with van der Waals surface area (Å²) in [5, 5.41) is 27.3. The van der Waals surface area contributed by atoms with E-state index in [1.54, 1.807) is 74.5 Å². The molecule has 2 aromatic heterocycles. The van der Waals surface area contributed by atoms with Crippen molar-refractivity contribution in [3.63, 3.8) is 0 Å². The monoisotopic (exact) mass is 1210 g/mol. The van der Waals surface area contributed by atoms with Crippen molar-refractivity contribution in [2.24, 2.45) is 0 Å². The van der Waals surface area contributed by atoms with Crippen LogP contribution in [0, 0.1) is 25.5 Å². The predicted molar refractivity (Wildman–Crippen MR) is 287 cm³/mol. The summed E-state index contributed by atoms with van der Waals surface area (Å²) in [6.07, 6.45) is -7.11. The van der Waals surface area contributed by atoms with Gasteiger partial charge in [-0.15, -0.1) is 0 Å². The Kier molecular flexibility index (Phi) is 23.7. The van der Waals surface area contributed by atoms with E-state index in [2.05, 4.69) is 10.6 Å². The van der Waals surface area contributed by atoms with Crippen molar-refractivity contribution in [3.05, 3.63) is 208 Å². The molecule has 82 heavy (non-hydrogen) atoms. The van der Waals surface area contributed by atoms with Crippen LogP contribution in [-0.2, 0) is 44.4 Å². The standard InChI is InChI=1S/2C28H18ClF4NO5.Ca.3H2O/c2*1-14-9-18-23(13-21(14)29)39-27(38)19(26(18)16-4-2-3-15(10-16)5-8-25(36)37)12-24(35)34-22-7-6-17(30)11-20(22)28(31,32)33;;;;/h2*2-11,13H,12H2,1H3,(H,34,35)(H,36,37);;3*1H2/q;;+2;;;/p-2/b2*8-5+;;;;. The van der Waals surface area contributed by atoms with Gasteiger partial charge in [0.1, 0.15) is 22.8 Å². The van der Waals surface area contributed by atoms with Gasteiger partial charge in [-0.25, -0.2) is 18.4 Å². The number of anilines is 2. The average molecular weight is 1210 g/mol. The van der Waals surface area contributed by atoms with Crippen LogP contribution in [-0.4, -0.2) is 77.9 Å². The van der Waals surface area contributed by atoms with E-state index in [4.69, 9.17) is 32.0 Å². The number of hydrogen-bond donors (Lipinski definition) is 2. The summed E-state index contributed by atoms with van der Waals surface area (Å²) in [6, 6.07) is 22.4. The van der Waals surface area contributed by atoms with E-state index in [0.29, 0.717) is 54.2 Å². The summed E-state index contributed by atoms with van der Waals surface area (Å²) in [4.78, 5) is 73.7. The summed E-state index contributed by atoms with van der Waals surface area (Å²) in [5.41, 5.74) is -2.76. The van der Waals surface area contributed by atoms with Crippen molar-refractivity contribution in [1.82, 2.24) is 0 Å². The molecule has 0 saturated heterocycles. The number of fused-ring (bicyclic) bond motifs is 2. The van der Waals surface area contributed by atoms with Gasteiger partial charge in [0.15, 0.2) is 0 Å². The predicted octanol–water partition coefficient (Wildman–Crippen LogP) is 8.19. The van der Waals surface area contributed by atoms with Gasteiger partial charge in [-0.2, -0.15) is 26.3 Å². The van der Waals surface area contributed by atoms with Gasteiger partial charge in [0.05, 0.1) is 58.4 Å². The van der Waals surface area contributed by atoms with Crippen molar-refractivity contribution >= 4 is 130 Å². The SMILES string of the molecule is Cc1cc2c(-c3cccc(/C=C/C(=O)[O-])c3)c(CC(=O)Nc3ccc(F)cc3C(F)(F)F)c(=O)oc2cc1Cl.Cc1cc2c(-c3cccc(/C=C/C(=O)[O-])c3)c(CC(=O)Nc3ccc(F)cc3C(F)(F)F)c(=O)oc2cc1Cl.O.O.O.[Ca+2]. The summed E-state index contributed by atoms with van der Waals surface area (Å²) in [6.45, 7) is 3.41. The van der Waals surface area contributed by atoms with Gasteiger partial charge in [0, 0.05) is 44.1 Å². The average Bonchev–Trinajstić information content (AvgIpc) is 3.35. The fourth-order valence-electron chi connectivity index (χ4n) is 8.07. The van der Waals surface area contributed by atoms with E-state index >= 15 is 0 Å². The number of carbonyl (C=O) groups excluding carboxylic acids is 4. The Hall–Kier alpha value is -7.74. The van der Waals surface area contributed by atoms with Crippen molar-refractivity contribution in [2.45, 2.75) is 39.0 Å². The van der Waals surface area contributed by atoms with Crippen LogP contribution in [0.15, 0.2) is 140 Å². The molecule has 0 bridgehead atoms. The largest absolute Gasteiger partial charge is 2.00 e. The van der Waals surface area contributed by atoms with Crippen molar-refractivity contribution in [2.75, 3.05) is 10.6 Å². The fraction of sp³-hybridized carbons (Fsp3) is 0.107. The van der Waals surface area contributed by atoms with Gasteiger partial charge in [-0.3, -0.25) is 9.59 Å². The number of nitrogens with one attached hydrogen (secondary N) is 2. The Morgan fingerprint density at radius 1 is 0.549 bits per heavy atom. The van der Waals surface area contributed by atoms with E-state index in [1.165, 1.54) is 24.3 Å². The van der Waals surface area contributed by atoms with Gasteiger partial charge in [-0.05, 0) is 120 Å². The first kappa shape index (κ1) is 68.5. The maximum atomic E-state index is 13.5. The molecule has 0 fully saturated rings. The number of aryl methyl sites for hydroxylation is 2. The van der Waals surface area contributed by atoms with Crippen LogP contribution in [0.1, 0.15) is 44.5 Å². The molecule has 0 radical (unpaired) electrons. The van der Waals surface area contributed by atoms with Crippen LogP contribution >= 0.6 is 23.2 Å². The second kappa shape index (κ2) is 28.3. The molecule has 0 aliphatic carbocycles. The third kappa shape index (κ3) is 16.7. The Labute approximate surface area is 497 Å². The number of benzene rings is 6. The molecular formula is C56H40CaCl2F8N2O13. The number of amides is 2. The fourth-order valence-corrected chi connectivity index (χ4v) is 8.38. The Balaban J connectivity index is 0.000000410. The number of hydrogen-bond acceptors (Lipinski definition) is 10. The first-order valence-electron chi connectivity index (χ1n) is 22.5. The molecule has 8 aromatic rings. The molecule has 26 heteroatoms. The quantitative estimate of drug-likeness (QED) is 0.0511. The molecule has 0 aliphatic heterocycles. The molecule has 0 saturated carbocycles. The summed E-state index contributed by atoms with van der Waals surface area (Å²) in [5.74, 6) is -7.10.